The fraction of sp³-hybridized carbons (Fsp3) is 0.562. The van der Waals surface area contributed by atoms with Crippen LogP contribution in [0.15, 0.2) is 27.6 Å². The summed E-state index contributed by atoms with van der Waals surface area (Å²) in [6.45, 7) is 7.34. The highest BCUT2D eigenvalue weighted by atomic mass is 79.9. The van der Waals surface area contributed by atoms with Gasteiger partial charge in [-0.15, -0.1) is 0 Å². The summed E-state index contributed by atoms with van der Waals surface area (Å²) >= 11 is 3.29. The van der Waals surface area contributed by atoms with Gasteiger partial charge < -0.3 is 10.1 Å². The fourth-order valence-corrected chi connectivity index (χ4v) is 4.58. The molecule has 1 atom stereocenters. The van der Waals surface area contributed by atoms with Crippen molar-refractivity contribution in [2.75, 3.05) is 26.3 Å². The van der Waals surface area contributed by atoms with Crippen LogP contribution in [0.25, 0.3) is 0 Å². The van der Waals surface area contributed by atoms with Crippen molar-refractivity contribution in [1.29, 1.82) is 0 Å². The van der Waals surface area contributed by atoms with Crippen LogP contribution in [0.1, 0.15) is 31.1 Å². The molecule has 2 rings (SSSR count). The van der Waals surface area contributed by atoms with Crippen molar-refractivity contribution >= 4 is 31.9 Å². The number of nitrogens with zero attached hydrogens (tertiary/aromatic N) is 1. The number of sulfonamides is 1. The standard InChI is InChI=1S/C16H23BrN2O4S/c1-11(2)12(3)18-16(20)13-4-5-14(17)15(10-13)24(21,22)19-6-8-23-9-7-19/h4-5,10-12H,6-9H2,1-3H3,(H,18,20). The number of hydrogen-bond donors (Lipinski definition) is 1. The first-order chi connectivity index (χ1) is 11.2. The molecule has 6 nitrogen and oxygen atoms in total. The summed E-state index contributed by atoms with van der Waals surface area (Å²) in [7, 11) is -3.67. The van der Waals surface area contributed by atoms with Gasteiger partial charge in [-0.3, -0.25) is 4.79 Å². The Morgan fingerprint density at radius 2 is 1.88 bits per heavy atom. The van der Waals surface area contributed by atoms with Gasteiger partial charge in [0.05, 0.1) is 18.1 Å². The smallest absolute Gasteiger partial charge is 0.251 e. The summed E-state index contributed by atoms with van der Waals surface area (Å²) in [5.41, 5.74) is 0.331. The Morgan fingerprint density at radius 3 is 2.46 bits per heavy atom. The second-order valence-electron chi connectivity index (χ2n) is 6.17. The van der Waals surface area contributed by atoms with Crippen LogP contribution in [-0.2, 0) is 14.8 Å². The molecule has 0 bridgehead atoms. The van der Waals surface area contributed by atoms with Gasteiger partial charge in [-0.2, -0.15) is 4.31 Å². The van der Waals surface area contributed by atoms with Crippen LogP contribution in [0.4, 0.5) is 0 Å². The summed E-state index contributed by atoms with van der Waals surface area (Å²) in [4.78, 5) is 12.5. The van der Waals surface area contributed by atoms with Crippen LogP contribution in [0.3, 0.4) is 0 Å². The van der Waals surface area contributed by atoms with Crippen molar-refractivity contribution in [1.82, 2.24) is 9.62 Å². The zero-order valence-electron chi connectivity index (χ0n) is 14.1. The topological polar surface area (TPSA) is 75.7 Å². The normalized spacial score (nSPS) is 17.7. The van der Waals surface area contributed by atoms with E-state index < -0.39 is 10.0 Å². The predicted octanol–water partition coefficient (Wildman–Crippen LogP) is 2.24. The van der Waals surface area contributed by atoms with Crippen molar-refractivity contribution in [2.24, 2.45) is 5.92 Å². The van der Waals surface area contributed by atoms with E-state index in [1.807, 2.05) is 20.8 Å². The molecule has 1 fully saturated rings. The van der Waals surface area contributed by atoms with Crippen LogP contribution < -0.4 is 5.32 Å². The van der Waals surface area contributed by atoms with Crippen molar-refractivity contribution in [3.63, 3.8) is 0 Å². The van der Waals surface area contributed by atoms with Gasteiger partial charge in [0.25, 0.3) is 5.91 Å². The second kappa shape index (κ2) is 7.95. The molecular weight excluding hydrogens is 396 g/mol. The number of ether oxygens (including phenoxy) is 1. The average molecular weight is 419 g/mol. The number of halogens is 1. The molecular formula is C16H23BrN2O4S. The molecule has 1 unspecified atom stereocenters. The van der Waals surface area contributed by atoms with E-state index in [0.29, 0.717) is 42.3 Å². The lowest BCUT2D eigenvalue weighted by Gasteiger charge is -2.26. The zero-order valence-corrected chi connectivity index (χ0v) is 16.5. The van der Waals surface area contributed by atoms with Crippen LogP contribution >= 0.6 is 15.9 Å². The molecule has 1 aromatic rings. The molecule has 0 aliphatic carbocycles. The minimum absolute atomic E-state index is 0.000414. The monoisotopic (exact) mass is 418 g/mol. The highest BCUT2D eigenvalue weighted by molar-refractivity contribution is 9.10. The number of rotatable bonds is 5. The Labute approximate surface area is 151 Å². The van der Waals surface area contributed by atoms with Gasteiger partial charge in [0.2, 0.25) is 10.0 Å². The molecule has 0 spiro atoms. The first-order valence-electron chi connectivity index (χ1n) is 7.92. The molecule has 1 aliphatic rings. The minimum Gasteiger partial charge on any atom is -0.379 e. The Hall–Kier alpha value is -0.960. The number of amides is 1. The Balaban J connectivity index is 2.29. The SMILES string of the molecule is CC(C)C(C)NC(=O)c1ccc(Br)c(S(=O)(=O)N2CCOCC2)c1. The molecule has 0 saturated carbocycles. The molecule has 1 aliphatic heterocycles. The van der Waals surface area contributed by atoms with E-state index in [4.69, 9.17) is 4.74 Å². The summed E-state index contributed by atoms with van der Waals surface area (Å²) in [6.07, 6.45) is 0. The third-order valence-electron chi connectivity index (χ3n) is 4.14. The number of carbonyl (C=O) groups excluding carboxylic acids is 1. The van der Waals surface area contributed by atoms with E-state index in [2.05, 4.69) is 21.2 Å². The molecule has 24 heavy (non-hydrogen) atoms. The fourth-order valence-electron chi connectivity index (χ4n) is 2.23. The lowest BCUT2D eigenvalue weighted by Crippen LogP contribution is -2.41. The van der Waals surface area contributed by atoms with Gasteiger partial charge in [-0.25, -0.2) is 8.42 Å². The number of benzene rings is 1. The van der Waals surface area contributed by atoms with E-state index in [-0.39, 0.29) is 16.8 Å². The Morgan fingerprint density at radius 1 is 1.25 bits per heavy atom. The predicted molar refractivity (Wildman–Crippen MR) is 95.5 cm³/mol. The molecule has 1 heterocycles. The van der Waals surface area contributed by atoms with E-state index in [0.717, 1.165) is 0 Å². The van der Waals surface area contributed by atoms with Gasteiger partial charge in [0, 0.05) is 29.2 Å². The third kappa shape index (κ3) is 4.36. The molecule has 134 valence electrons. The number of hydrogen-bond acceptors (Lipinski definition) is 4. The quantitative estimate of drug-likeness (QED) is 0.795. The highest BCUT2D eigenvalue weighted by Gasteiger charge is 2.29. The lowest BCUT2D eigenvalue weighted by atomic mass is 10.1. The number of carbonyl (C=O) groups is 1. The first-order valence-corrected chi connectivity index (χ1v) is 10.1. The van der Waals surface area contributed by atoms with Gasteiger partial charge in [-0.05, 0) is 47.0 Å². The minimum atomic E-state index is -3.67. The Kier molecular flexibility index (Phi) is 6.41. The first kappa shape index (κ1) is 19.4. The van der Waals surface area contributed by atoms with Gasteiger partial charge >= 0.3 is 0 Å². The molecule has 8 heteroatoms. The summed E-state index contributed by atoms with van der Waals surface area (Å²) < 4.78 is 32.7. The van der Waals surface area contributed by atoms with E-state index in [1.165, 1.54) is 10.4 Å². The van der Waals surface area contributed by atoms with E-state index in [1.54, 1.807) is 12.1 Å². The molecule has 1 saturated heterocycles. The van der Waals surface area contributed by atoms with E-state index in [9.17, 15) is 13.2 Å². The van der Waals surface area contributed by atoms with Crippen molar-refractivity contribution in [3.8, 4) is 0 Å². The lowest BCUT2D eigenvalue weighted by molar-refractivity contribution is 0.0730. The molecule has 1 amide bonds. The maximum absolute atomic E-state index is 12.8. The molecule has 0 radical (unpaired) electrons. The van der Waals surface area contributed by atoms with Gasteiger partial charge in [0.1, 0.15) is 0 Å². The third-order valence-corrected chi connectivity index (χ3v) is 7.03. The molecule has 0 aromatic heterocycles. The van der Waals surface area contributed by atoms with Gasteiger partial charge in [0.15, 0.2) is 0 Å². The zero-order chi connectivity index (χ0) is 17.9. The highest BCUT2D eigenvalue weighted by Crippen LogP contribution is 2.27. The van der Waals surface area contributed by atoms with Gasteiger partial charge in [-0.1, -0.05) is 13.8 Å². The summed E-state index contributed by atoms with van der Waals surface area (Å²) in [6, 6.07) is 4.64. The molecule has 1 aromatic carbocycles. The van der Waals surface area contributed by atoms with Crippen molar-refractivity contribution in [3.05, 3.63) is 28.2 Å². The number of morpholine rings is 1. The molecule has 1 N–H and O–H groups in total. The maximum Gasteiger partial charge on any atom is 0.251 e. The van der Waals surface area contributed by atoms with Crippen LogP contribution in [0.2, 0.25) is 0 Å². The maximum atomic E-state index is 12.8. The Bertz CT molecular complexity index is 700. The number of nitrogens with one attached hydrogen (secondary N) is 1. The van der Waals surface area contributed by atoms with Crippen molar-refractivity contribution < 1.29 is 17.9 Å². The van der Waals surface area contributed by atoms with Crippen molar-refractivity contribution in [2.45, 2.75) is 31.7 Å². The second-order valence-corrected chi connectivity index (χ2v) is 8.93. The van der Waals surface area contributed by atoms with Crippen LogP contribution in [-0.4, -0.2) is 51.0 Å². The van der Waals surface area contributed by atoms with E-state index >= 15 is 0 Å². The largest absolute Gasteiger partial charge is 0.379 e. The van der Waals surface area contributed by atoms with Crippen LogP contribution in [0, 0.1) is 5.92 Å². The summed E-state index contributed by atoms with van der Waals surface area (Å²) in [5, 5.41) is 2.89. The van der Waals surface area contributed by atoms with Crippen LogP contribution in [0.5, 0.6) is 0 Å². The summed E-state index contributed by atoms with van der Waals surface area (Å²) in [5.74, 6) is 0.0167. The average Bonchev–Trinajstić information content (AvgIpc) is 2.55.